The van der Waals surface area contributed by atoms with Crippen molar-refractivity contribution in [1.82, 2.24) is 0 Å². The van der Waals surface area contributed by atoms with Crippen LogP contribution in [0.2, 0.25) is 0 Å². The van der Waals surface area contributed by atoms with Gasteiger partial charge in [-0.1, -0.05) is 79.7 Å². The van der Waals surface area contributed by atoms with Crippen molar-refractivity contribution in [1.29, 1.82) is 0 Å². The fraction of sp³-hybridized carbons (Fsp3) is 0.259. The Hall–Kier alpha value is -3.00. The van der Waals surface area contributed by atoms with Gasteiger partial charge >= 0.3 is 0 Å². The lowest BCUT2D eigenvalue weighted by Crippen LogP contribution is -2.06. The molecule has 0 unspecified atom stereocenters. The standard InChI is InChI=1S/C27H30O2/c1-5-6-17-25-22(4)26(28-18-23-13-9-7-10-14-23)20(2)21(3)27(25)29-19-24-15-11-8-12-16-24/h6-17H,5,18-19H2,1-4H3. The Kier molecular flexibility index (Phi) is 7.13. The zero-order valence-corrected chi connectivity index (χ0v) is 17.9. The van der Waals surface area contributed by atoms with E-state index < -0.39 is 0 Å². The van der Waals surface area contributed by atoms with Crippen molar-refractivity contribution in [2.45, 2.75) is 47.3 Å². The summed E-state index contributed by atoms with van der Waals surface area (Å²) in [5, 5.41) is 0. The largest absolute Gasteiger partial charge is 0.488 e. The monoisotopic (exact) mass is 386 g/mol. The van der Waals surface area contributed by atoms with Gasteiger partial charge < -0.3 is 9.47 Å². The first kappa shape index (κ1) is 20.7. The van der Waals surface area contributed by atoms with Gasteiger partial charge in [-0.25, -0.2) is 0 Å². The normalized spacial score (nSPS) is 11.0. The lowest BCUT2D eigenvalue weighted by molar-refractivity contribution is 0.291. The number of rotatable bonds is 8. The maximum Gasteiger partial charge on any atom is 0.130 e. The lowest BCUT2D eigenvalue weighted by Gasteiger charge is -2.21. The average Bonchev–Trinajstić information content (AvgIpc) is 2.76. The molecule has 2 heteroatoms. The Balaban J connectivity index is 1.94. The zero-order valence-electron chi connectivity index (χ0n) is 17.9. The lowest BCUT2D eigenvalue weighted by atomic mass is 9.96. The SMILES string of the molecule is CCC=Cc1c(C)c(OCc2ccccc2)c(C)c(C)c1OCc1ccccc1. The predicted molar refractivity (Wildman–Crippen MR) is 122 cm³/mol. The summed E-state index contributed by atoms with van der Waals surface area (Å²) in [5.74, 6) is 1.90. The van der Waals surface area contributed by atoms with Crippen molar-refractivity contribution in [2.24, 2.45) is 0 Å². The van der Waals surface area contributed by atoms with Gasteiger partial charge in [0.1, 0.15) is 24.7 Å². The van der Waals surface area contributed by atoms with E-state index in [0.717, 1.165) is 45.7 Å². The van der Waals surface area contributed by atoms with Crippen molar-refractivity contribution >= 4 is 6.08 Å². The van der Waals surface area contributed by atoms with E-state index in [-0.39, 0.29) is 0 Å². The molecule has 0 bridgehead atoms. The molecule has 0 atom stereocenters. The Morgan fingerprint density at radius 3 is 1.66 bits per heavy atom. The van der Waals surface area contributed by atoms with E-state index in [1.165, 1.54) is 5.56 Å². The summed E-state index contributed by atoms with van der Waals surface area (Å²) in [5.41, 5.74) is 6.82. The Bertz CT molecular complexity index is 957. The third-order valence-electron chi connectivity index (χ3n) is 5.21. The molecule has 0 aliphatic rings. The molecule has 0 radical (unpaired) electrons. The van der Waals surface area contributed by atoms with Crippen LogP contribution in [0.25, 0.3) is 6.08 Å². The molecule has 0 amide bonds. The van der Waals surface area contributed by atoms with Crippen LogP contribution in [0.5, 0.6) is 11.5 Å². The summed E-state index contributed by atoms with van der Waals surface area (Å²) in [6.45, 7) is 9.61. The minimum absolute atomic E-state index is 0.553. The predicted octanol–water partition coefficient (Wildman–Crippen LogP) is 7.19. The average molecular weight is 387 g/mol. The van der Waals surface area contributed by atoms with Crippen LogP contribution in [0.4, 0.5) is 0 Å². The van der Waals surface area contributed by atoms with E-state index in [0.29, 0.717) is 13.2 Å². The second kappa shape index (κ2) is 9.97. The van der Waals surface area contributed by atoms with Gasteiger partial charge in [-0.2, -0.15) is 0 Å². The highest BCUT2D eigenvalue weighted by molar-refractivity contribution is 5.69. The van der Waals surface area contributed by atoms with Crippen LogP contribution in [0.15, 0.2) is 66.7 Å². The fourth-order valence-corrected chi connectivity index (χ4v) is 3.41. The van der Waals surface area contributed by atoms with E-state index in [2.05, 4.69) is 64.1 Å². The highest BCUT2D eigenvalue weighted by Crippen LogP contribution is 2.39. The quantitative estimate of drug-likeness (QED) is 0.408. The molecule has 0 aromatic heterocycles. The minimum Gasteiger partial charge on any atom is -0.488 e. The summed E-state index contributed by atoms with van der Waals surface area (Å²) in [6.07, 6.45) is 5.32. The van der Waals surface area contributed by atoms with E-state index in [9.17, 15) is 0 Å². The van der Waals surface area contributed by atoms with Crippen molar-refractivity contribution in [2.75, 3.05) is 0 Å². The van der Waals surface area contributed by atoms with Crippen molar-refractivity contribution in [3.8, 4) is 11.5 Å². The first-order chi connectivity index (χ1) is 14.1. The van der Waals surface area contributed by atoms with Crippen molar-refractivity contribution in [3.63, 3.8) is 0 Å². The summed E-state index contributed by atoms with van der Waals surface area (Å²) >= 11 is 0. The highest BCUT2D eigenvalue weighted by atomic mass is 16.5. The van der Waals surface area contributed by atoms with Gasteiger partial charge in [0.2, 0.25) is 0 Å². The van der Waals surface area contributed by atoms with E-state index in [1.54, 1.807) is 0 Å². The molecule has 29 heavy (non-hydrogen) atoms. The molecule has 0 spiro atoms. The number of hydrogen-bond donors (Lipinski definition) is 0. The van der Waals surface area contributed by atoms with Crippen molar-refractivity contribution < 1.29 is 9.47 Å². The molecule has 0 N–H and O–H groups in total. The Morgan fingerprint density at radius 1 is 0.655 bits per heavy atom. The second-order valence-electron chi connectivity index (χ2n) is 7.31. The van der Waals surface area contributed by atoms with Crippen LogP contribution in [-0.2, 0) is 13.2 Å². The number of allylic oxidation sites excluding steroid dienone is 1. The molecule has 0 aliphatic heterocycles. The van der Waals surface area contributed by atoms with E-state index in [4.69, 9.17) is 9.47 Å². The first-order valence-electron chi connectivity index (χ1n) is 10.3. The maximum absolute atomic E-state index is 6.32. The molecule has 0 fully saturated rings. The van der Waals surface area contributed by atoms with E-state index in [1.807, 2.05) is 36.4 Å². The number of ether oxygens (including phenoxy) is 2. The summed E-state index contributed by atoms with van der Waals surface area (Å²) in [4.78, 5) is 0. The number of hydrogen-bond acceptors (Lipinski definition) is 2. The van der Waals surface area contributed by atoms with Crippen LogP contribution >= 0.6 is 0 Å². The second-order valence-corrected chi connectivity index (χ2v) is 7.31. The zero-order chi connectivity index (χ0) is 20.6. The minimum atomic E-state index is 0.553. The van der Waals surface area contributed by atoms with Crippen LogP contribution in [0.3, 0.4) is 0 Å². The number of benzene rings is 3. The van der Waals surface area contributed by atoms with Crippen LogP contribution in [-0.4, -0.2) is 0 Å². The molecule has 0 saturated carbocycles. The van der Waals surface area contributed by atoms with Crippen LogP contribution in [0, 0.1) is 20.8 Å². The molecular weight excluding hydrogens is 356 g/mol. The molecule has 3 rings (SSSR count). The third kappa shape index (κ3) is 5.08. The van der Waals surface area contributed by atoms with Gasteiger partial charge in [0.05, 0.1) is 0 Å². The van der Waals surface area contributed by atoms with Gasteiger partial charge in [0, 0.05) is 11.1 Å². The Labute approximate surface area is 174 Å². The Morgan fingerprint density at radius 2 is 1.14 bits per heavy atom. The van der Waals surface area contributed by atoms with Gasteiger partial charge in [0.15, 0.2) is 0 Å². The summed E-state index contributed by atoms with van der Waals surface area (Å²) < 4.78 is 12.6. The topological polar surface area (TPSA) is 18.5 Å². The molecule has 2 nitrogen and oxygen atoms in total. The molecule has 0 aliphatic carbocycles. The van der Waals surface area contributed by atoms with Gasteiger partial charge in [-0.15, -0.1) is 0 Å². The summed E-state index contributed by atoms with van der Waals surface area (Å²) in [6, 6.07) is 20.6. The van der Waals surface area contributed by atoms with Gasteiger partial charge in [-0.05, 0) is 49.4 Å². The smallest absolute Gasteiger partial charge is 0.130 e. The van der Waals surface area contributed by atoms with Gasteiger partial charge in [0.25, 0.3) is 0 Å². The molecule has 3 aromatic carbocycles. The van der Waals surface area contributed by atoms with E-state index >= 15 is 0 Å². The fourth-order valence-electron chi connectivity index (χ4n) is 3.41. The molecule has 0 heterocycles. The molecule has 3 aromatic rings. The van der Waals surface area contributed by atoms with Gasteiger partial charge in [-0.3, -0.25) is 0 Å². The summed E-state index contributed by atoms with van der Waals surface area (Å²) in [7, 11) is 0. The molecule has 150 valence electrons. The maximum atomic E-state index is 6.32. The van der Waals surface area contributed by atoms with Crippen LogP contribution < -0.4 is 9.47 Å². The highest BCUT2D eigenvalue weighted by Gasteiger charge is 2.18. The molecular formula is C27H30O2. The third-order valence-corrected chi connectivity index (χ3v) is 5.21. The van der Waals surface area contributed by atoms with Crippen LogP contribution in [0.1, 0.15) is 46.7 Å². The van der Waals surface area contributed by atoms with Crippen molar-refractivity contribution in [3.05, 3.63) is 100 Å². The molecule has 0 saturated heterocycles. The first-order valence-corrected chi connectivity index (χ1v) is 10.3.